The number of hydrogen-bond acceptors (Lipinski definition) is 2. The number of benzene rings is 1. The molecule has 1 aromatic carbocycles. The third-order valence-electron chi connectivity index (χ3n) is 3.50. The fraction of sp³-hybridized carbons (Fsp3) is 0.412. The van der Waals surface area contributed by atoms with E-state index in [2.05, 4.69) is 54.3 Å². The second-order valence-electron chi connectivity index (χ2n) is 5.14. The number of ether oxygens (including phenoxy) is 1. The van der Waals surface area contributed by atoms with Crippen molar-refractivity contribution in [1.82, 2.24) is 9.88 Å². The lowest BCUT2D eigenvalue weighted by atomic mass is 10.2. The van der Waals surface area contributed by atoms with Gasteiger partial charge in [-0.3, -0.25) is 0 Å². The molecule has 0 bridgehead atoms. The molecule has 3 nitrogen and oxygen atoms in total. The number of hydrogen-bond donors (Lipinski definition) is 1. The molecule has 2 aromatic rings. The molecule has 1 N–H and O–H groups in total. The third kappa shape index (κ3) is 3.87. The molecule has 0 saturated heterocycles. The fourth-order valence-corrected chi connectivity index (χ4v) is 2.23. The van der Waals surface area contributed by atoms with Crippen LogP contribution in [0.5, 0.6) is 5.75 Å². The van der Waals surface area contributed by atoms with Crippen LogP contribution in [0, 0.1) is 0 Å². The molecule has 0 fully saturated rings. The minimum atomic E-state index is 0.409. The molecule has 0 radical (unpaired) electrons. The first-order valence-electron chi connectivity index (χ1n) is 7.25. The summed E-state index contributed by atoms with van der Waals surface area (Å²) >= 11 is 0. The summed E-state index contributed by atoms with van der Waals surface area (Å²) in [5, 5.41) is 3.51. The van der Waals surface area contributed by atoms with Crippen molar-refractivity contribution in [3.63, 3.8) is 0 Å². The van der Waals surface area contributed by atoms with Crippen molar-refractivity contribution in [2.75, 3.05) is 13.7 Å². The highest BCUT2D eigenvalue weighted by Crippen LogP contribution is 2.16. The highest BCUT2D eigenvalue weighted by atomic mass is 16.5. The molecule has 1 atom stereocenters. The Morgan fingerprint density at radius 1 is 1.20 bits per heavy atom. The summed E-state index contributed by atoms with van der Waals surface area (Å²) in [5.74, 6) is 0.902. The van der Waals surface area contributed by atoms with E-state index in [1.807, 2.05) is 12.1 Å². The van der Waals surface area contributed by atoms with E-state index in [9.17, 15) is 0 Å². The van der Waals surface area contributed by atoms with Gasteiger partial charge in [-0.15, -0.1) is 0 Å². The molecule has 2 rings (SSSR count). The van der Waals surface area contributed by atoms with Crippen LogP contribution in [0.3, 0.4) is 0 Å². The Morgan fingerprint density at radius 2 is 1.95 bits per heavy atom. The quantitative estimate of drug-likeness (QED) is 0.833. The van der Waals surface area contributed by atoms with Gasteiger partial charge in [-0.25, -0.2) is 0 Å². The number of rotatable bonds is 7. The summed E-state index contributed by atoms with van der Waals surface area (Å²) in [7, 11) is 1.69. The Kier molecular flexibility index (Phi) is 5.24. The summed E-state index contributed by atoms with van der Waals surface area (Å²) in [5.41, 5.74) is 2.62. The van der Waals surface area contributed by atoms with Gasteiger partial charge in [-0.05, 0) is 49.2 Å². The van der Waals surface area contributed by atoms with Crippen molar-refractivity contribution in [3.8, 4) is 5.75 Å². The first-order chi connectivity index (χ1) is 9.72. The van der Waals surface area contributed by atoms with Crippen molar-refractivity contribution in [3.05, 3.63) is 53.9 Å². The van der Waals surface area contributed by atoms with Gasteiger partial charge in [0.25, 0.3) is 0 Å². The third-order valence-corrected chi connectivity index (χ3v) is 3.50. The summed E-state index contributed by atoms with van der Waals surface area (Å²) in [6.45, 7) is 6.35. The van der Waals surface area contributed by atoms with Gasteiger partial charge in [0.1, 0.15) is 5.75 Å². The smallest absolute Gasteiger partial charge is 0.118 e. The zero-order valence-corrected chi connectivity index (χ0v) is 12.6. The summed E-state index contributed by atoms with van der Waals surface area (Å²) in [4.78, 5) is 0. The maximum absolute atomic E-state index is 5.18. The molecule has 0 aliphatic carbocycles. The average Bonchev–Trinajstić information content (AvgIpc) is 2.94. The van der Waals surface area contributed by atoms with E-state index >= 15 is 0 Å². The van der Waals surface area contributed by atoms with Gasteiger partial charge in [0.05, 0.1) is 7.11 Å². The van der Waals surface area contributed by atoms with Crippen molar-refractivity contribution >= 4 is 0 Å². The van der Waals surface area contributed by atoms with Gasteiger partial charge >= 0.3 is 0 Å². The molecule has 0 spiro atoms. The molecule has 0 saturated carbocycles. The number of aromatic nitrogens is 1. The van der Waals surface area contributed by atoms with Gasteiger partial charge in [0, 0.05) is 25.0 Å². The monoisotopic (exact) mass is 272 g/mol. The minimum Gasteiger partial charge on any atom is -0.497 e. The lowest BCUT2D eigenvalue weighted by Gasteiger charge is -2.11. The maximum atomic E-state index is 5.18. The minimum absolute atomic E-state index is 0.409. The van der Waals surface area contributed by atoms with Crippen molar-refractivity contribution in [1.29, 1.82) is 0 Å². The molecule has 20 heavy (non-hydrogen) atoms. The second kappa shape index (κ2) is 7.15. The summed E-state index contributed by atoms with van der Waals surface area (Å²) in [6, 6.07) is 10.8. The molecular weight excluding hydrogens is 248 g/mol. The number of methoxy groups -OCH3 is 1. The molecule has 3 heteroatoms. The molecule has 1 heterocycles. The van der Waals surface area contributed by atoms with Gasteiger partial charge in [0.2, 0.25) is 0 Å². The standard InChI is InChI=1S/C17H24N2O/c1-4-10-18-14(2)16-9-11-19(13-16)12-15-5-7-17(20-3)8-6-15/h5-9,11,13-14,18H,4,10,12H2,1-3H3. The van der Waals surface area contributed by atoms with Crippen LogP contribution in [-0.2, 0) is 6.54 Å². The van der Waals surface area contributed by atoms with E-state index in [0.717, 1.165) is 25.3 Å². The van der Waals surface area contributed by atoms with Gasteiger partial charge in [-0.1, -0.05) is 19.1 Å². The number of nitrogens with one attached hydrogen (secondary N) is 1. The van der Waals surface area contributed by atoms with Gasteiger partial charge < -0.3 is 14.6 Å². The molecule has 0 aliphatic heterocycles. The van der Waals surface area contributed by atoms with E-state index in [-0.39, 0.29) is 0 Å². The molecule has 0 aliphatic rings. The molecule has 1 unspecified atom stereocenters. The van der Waals surface area contributed by atoms with E-state index < -0.39 is 0 Å². The van der Waals surface area contributed by atoms with E-state index in [0.29, 0.717) is 6.04 Å². The lowest BCUT2D eigenvalue weighted by Crippen LogP contribution is -2.18. The molecular formula is C17H24N2O. The topological polar surface area (TPSA) is 26.2 Å². The summed E-state index contributed by atoms with van der Waals surface area (Å²) < 4.78 is 7.40. The Balaban J connectivity index is 1.97. The SMILES string of the molecule is CCCNC(C)c1ccn(Cc2ccc(OC)cc2)c1. The van der Waals surface area contributed by atoms with Crippen molar-refractivity contribution in [2.45, 2.75) is 32.9 Å². The van der Waals surface area contributed by atoms with Crippen LogP contribution in [0.25, 0.3) is 0 Å². The Morgan fingerprint density at radius 3 is 2.60 bits per heavy atom. The average molecular weight is 272 g/mol. The normalized spacial score (nSPS) is 12.3. The van der Waals surface area contributed by atoms with Crippen LogP contribution in [0.15, 0.2) is 42.7 Å². The van der Waals surface area contributed by atoms with Gasteiger partial charge in [0.15, 0.2) is 0 Å². The van der Waals surface area contributed by atoms with Crippen molar-refractivity contribution in [2.24, 2.45) is 0 Å². The first kappa shape index (κ1) is 14.7. The molecule has 0 amide bonds. The number of nitrogens with zero attached hydrogens (tertiary/aromatic N) is 1. The molecule has 108 valence electrons. The van der Waals surface area contributed by atoms with Crippen LogP contribution in [-0.4, -0.2) is 18.2 Å². The van der Waals surface area contributed by atoms with Crippen LogP contribution >= 0.6 is 0 Å². The maximum Gasteiger partial charge on any atom is 0.118 e. The largest absolute Gasteiger partial charge is 0.497 e. The predicted molar refractivity (Wildman–Crippen MR) is 83.2 cm³/mol. The highest BCUT2D eigenvalue weighted by Gasteiger charge is 2.06. The van der Waals surface area contributed by atoms with E-state index in [1.165, 1.54) is 11.1 Å². The van der Waals surface area contributed by atoms with E-state index in [1.54, 1.807) is 7.11 Å². The van der Waals surface area contributed by atoms with E-state index in [4.69, 9.17) is 4.74 Å². The molecule has 1 aromatic heterocycles. The van der Waals surface area contributed by atoms with Crippen LogP contribution in [0.4, 0.5) is 0 Å². The van der Waals surface area contributed by atoms with Crippen LogP contribution in [0.1, 0.15) is 37.4 Å². The zero-order chi connectivity index (χ0) is 14.4. The Labute approximate surface area is 121 Å². The fourth-order valence-electron chi connectivity index (χ4n) is 2.23. The van der Waals surface area contributed by atoms with Crippen molar-refractivity contribution < 1.29 is 4.74 Å². The zero-order valence-electron chi connectivity index (χ0n) is 12.6. The van der Waals surface area contributed by atoms with Crippen LogP contribution < -0.4 is 10.1 Å². The second-order valence-corrected chi connectivity index (χ2v) is 5.14. The Hall–Kier alpha value is -1.74. The highest BCUT2D eigenvalue weighted by molar-refractivity contribution is 5.27. The lowest BCUT2D eigenvalue weighted by molar-refractivity contribution is 0.414. The first-order valence-corrected chi connectivity index (χ1v) is 7.25. The van der Waals surface area contributed by atoms with Crippen LogP contribution in [0.2, 0.25) is 0 Å². The predicted octanol–water partition coefficient (Wildman–Crippen LogP) is 3.61. The summed E-state index contributed by atoms with van der Waals surface area (Å²) in [6.07, 6.45) is 5.53. The Bertz CT molecular complexity index is 516. The van der Waals surface area contributed by atoms with Gasteiger partial charge in [-0.2, -0.15) is 0 Å².